The van der Waals surface area contributed by atoms with Gasteiger partial charge in [0.2, 0.25) is 11.9 Å². The number of anilines is 2. The van der Waals surface area contributed by atoms with E-state index in [1.165, 1.54) is 11.1 Å². The number of hydrogen-bond donors (Lipinski definition) is 2. The van der Waals surface area contributed by atoms with E-state index in [-0.39, 0.29) is 11.4 Å². The Morgan fingerprint density at radius 3 is 1.61 bits per heavy atom. The van der Waals surface area contributed by atoms with Crippen molar-refractivity contribution in [3.8, 4) is 28.3 Å². The largest absolute Gasteiger partial charge is 0.496 e. The van der Waals surface area contributed by atoms with Crippen LogP contribution in [-0.4, -0.2) is 65.0 Å². The van der Waals surface area contributed by atoms with Crippen LogP contribution in [0.1, 0.15) is 93.4 Å². The molecule has 2 aromatic heterocycles. The minimum atomic E-state index is -0.573. The molecular weight excluding hydrogens is 616 g/mol. The number of carbonyl (C=O) groups excluding carboxylic acids is 2. The Balaban J connectivity index is 0.000000266. The average Bonchev–Trinajstić information content (AvgIpc) is 3.09. The van der Waals surface area contributed by atoms with Crippen molar-refractivity contribution in [3.63, 3.8) is 0 Å². The molecule has 0 spiro atoms. The second-order valence-corrected chi connectivity index (χ2v) is 12.4. The lowest BCUT2D eigenvalue weighted by atomic mass is 9.98. The number of nitrogens with zero attached hydrogens (tertiary/aromatic N) is 6. The van der Waals surface area contributed by atoms with Crippen LogP contribution in [0.5, 0.6) is 5.75 Å². The molecule has 11 heteroatoms. The van der Waals surface area contributed by atoms with Crippen LogP contribution in [0.15, 0.2) is 54.6 Å². The molecule has 0 atom stereocenters. The molecule has 0 unspecified atom stereocenters. The van der Waals surface area contributed by atoms with Crippen molar-refractivity contribution in [2.45, 2.75) is 67.7 Å². The fraction of sp³-hybridized carbons (Fsp3) is 0.421. The van der Waals surface area contributed by atoms with Gasteiger partial charge in [0.1, 0.15) is 17.1 Å². The molecule has 0 saturated carbocycles. The van der Waals surface area contributed by atoms with Crippen molar-refractivity contribution >= 4 is 23.7 Å². The summed E-state index contributed by atoms with van der Waals surface area (Å²) in [5, 5.41) is 0. The van der Waals surface area contributed by atoms with Crippen molar-refractivity contribution in [3.05, 3.63) is 77.1 Å². The molecule has 4 aromatic rings. The van der Waals surface area contributed by atoms with E-state index in [9.17, 15) is 9.59 Å². The van der Waals surface area contributed by atoms with E-state index in [2.05, 4.69) is 59.8 Å². The van der Waals surface area contributed by atoms with E-state index >= 15 is 0 Å². The summed E-state index contributed by atoms with van der Waals surface area (Å²) in [5.41, 5.74) is 17.0. The zero-order valence-electron chi connectivity index (χ0n) is 30.4. The third-order valence-corrected chi connectivity index (χ3v) is 8.09. The molecule has 2 amide bonds. The topological polar surface area (TPSA) is 153 Å². The van der Waals surface area contributed by atoms with Crippen LogP contribution in [-0.2, 0) is 6.42 Å². The Hall–Kier alpha value is -5.06. The maximum atomic E-state index is 11.7. The molecule has 2 heterocycles. The van der Waals surface area contributed by atoms with E-state index in [4.69, 9.17) is 16.2 Å². The summed E-state index contributed by atoms with van der Waals surface area (Å²) >= 11 is 0. The van der Waals surface area contributed by atoms with Gasteiger partial charge in [0, 0.05) is 37.3 Å². The Labute approximate surface area is 291 Å². The Morgan fingerprint density at radius 2 is 1.18 bits per heavy atom. The van der Waals surface area contributed by atoms with Crippen molar-refractivity contribution in [2.75, 3.05) is 43.1 Å². The zero-order valence-corrected chi connectivity index (χ0v) is 30.4. The Kier molecular flexibility index (Phi) is 14.0. The first-order valence-electron chi connectivity index (χ1n) is 17.0. The first kappa shape index (κ1) is 38.4. The number of methoxy groups -OCH3 is 1. The van der Waals surface area contributed by atoms with Crippen molar-refractivity contribution < 1.29 is 14.3 Å². The van der Waals surface area contributed by atoms with Crippen molar-refractivity contribution in [1.29, 1.82) is 0 Å². The van der Waals surface area contributed by atoms with Gasteiger partial charge in [0.05, 0.1) is 18.5 Å². The van der Waals surface area contributed by atoms with E-state index in [0.29, 0.717) is 35.2 Å². The van der Waals surface area contributed by atoms with Gasteiger partial charge in [-0.2, -0.15) is 0 Å². The molecule has 0 aliphatic heterocycles. The van der Waals surface area contributed by atoms with Gasteiger partial charge in [-0.15, -0.1) is 0 Å². The number of ether oxygens (including phenoxy) is 1. The molecular formula is C38H52N8O3. The highest BCUT2D eigenvalue weighted by molar-refractivity contribution is 5.93. The summed E-state index contributed by atoms with van der Waals surface area (Å²) < 4.78 is 5.50. The smallest absolute Gasteiger partial charge is 0.267 e. The van der Waals surface area contributed by atoms with Crippen LogP contribution in [0.3, 0.4) is 0 Å². The molecule has 0 aliphatic carbocycles. The number of primary amides is 2. The highest BCUT2D eigenvalue weighted by atomic mass is 16.5. The molecule has 4 rings (SSSR count). The van der Waals surface area contributed by atoms with Gasteiger partial charge in [-0.1, -0.05) is 58.0 Å². The predicted molar refractivity (Wildman–Crippen MR) is 198 cm³/mol. The number of amides is 2. The van der Waals surface area contributed by atoms with Gasteiger partial charge >= 0.3 is 0 Å². The van der Waals surface area contributed by atoms with Gasteiger partial charge in [0.15, 0.2) is 0 Å². The summed E-state index contributed by atoms with van der Waals surface area (Å²) in [4.78, 5) is 45.3. The van der Waals surface area contributed by atoms with Gasteiger partial charge in [-0.05, 0) is 81.3 Å². The molecule has 11 nitrogen and oxygen atoms in total. The highest BCUT2D eigenvalue weighted by Crippen LogP contribution is 2.33. The van der Waals surface area contributed by atoms with E-state index in [1.807, 2.05) is 67.8 Å². The number of benzene rings is 2. The third kappa shape index (κ3) is 10.2. The minimum Gasteiger partial charge on any atom is -0.496 e. The summed E-state index contributed by atoms with van der Waals surface area (Å²) in [5.74, 6) is 1.60. The quantitative estimate of drug-likeness (QED) is 0.153. The highest BCUT2D eigenvalue weighted by Gasteiger charge is 2.18. The number of aromatic nitrogens is 4. The first-order valence-corrected chi connectivity index (χ1v) is 17.0. The van der Waals surface area contributed by atoms with Crippen LogP contribution in [0, 0.1) is 5.92 Å². The molecule has 0 radical (unpaired) electrons. The molecule has 0 saturated heterocycles. The molecule has 0 aliphatic rings. The second kappa shape index (κ2) is 17.9. The van der Waals surface area contributed by atoms with Crippen LogP contribution in [0.4, 0.5) is 11.9 Å². The third-order valence-electron chi connectivity index (χ3n) is 8.09. The van der Waals surface area contributed by atoms with Crippen LogP contribution < -0.4 is 26.0 Å². The first-order chi connectivity index (χ1) is 23.3. The van der Waals surface area contributed by atoms with Crippen molar-refractivity contribution in [1.82, 2.24) is 19.9 Å². The monoisotopic (exact) mass is 668 g/mol. The SMILES string of the molecule is CCN(CC)c1nc(C(N)=O)cc(-c2cc(C(C)C)ccc2OC)n1.CCN(CC)c1nc(C(N)=O)cc(-c2ccc(CC(C)C)cc2)n1. The maximum Gasteiger partial charge on any atom is 0.267 e. The zero-order chi connectivity index (χ0) is 36.2. The lowest BCUT2D eigenvalue weighted by molar-refractivity contribution is 0.0987. The molecule has 49 heavy (non-hydrogen) atoms. The predicted octanol–water partition coefficient (Wildman–Crippen LogP) is 6.51. The van der Waals surface area contributed by atoms with Crippen molar-refractivity contribution in [2.24, 2.45) is 17.4 Å². The lowest BCUT2D eigenvalue weighted by Crippen LogP contribution is -2.26. The van der Waals surface area contributed by atoms with Gasteiger partial charge in [-0.3, -0.25) is 9.59 Å². The summed E-state index contributed by atoms with van der Waals surface area (Å²) in [6.45, 7) is 19.8. The molecule has 262 valence electrons. The van der Waals surface area contributed by atoms with Gasteiger partial charge in [-0.25, -0.2) is 19.9 Å². The van der Waals surface area contributed by atoms with E-state index < -0.39 is 11.8 Å². The average molecular weight is 669 g/mol. The number of carbonyl (C=O) groups is 2. The number of nitrogens with two attached hydrogens (primary N) is 2. The van der Waals surface area contributed by atoms with Crippen LogP contribution in [0.2, 0.25) is 0 Å². The molecule has 4 N–H and O–H groups in total. The second-order valence-electron chi connectivity index (χ2n) is 12.4. The summed E-state index contributed by atoms with van der Waals surface area (Å²) in [7, 11) is 1.62. The Morgan fingerprint density at radius 1 is 0.694 bits per heavy atom. The maximum absolute atomic E-state index is 11.7. The number of rotatable bonds is 14. The molecule has 2 aromatic carbocycles. The fourth-order valence-electron chi connectivity index (χ4n) is 5.27. The van der Waals surface area contributed by atoms with Crippen LogP contribution >= 0.6 is 0 Å². The van der Waals surface area contributed by atoms with E-state index in [1.54, 1.807) is 19.2 Å². The molecule has 0 bridgehead atoms. The van der Waals surface area contributed by atoms with Gasteiger partial charge in [0.25, 0.3) is 11.8 Å². The summed E-state index contributed by atoms with van der Waals surface area (Å²) in [6.07, 6.45) is 1.04. The fourth-order valence-corrected chi connectivity index (χ4v) is 5.27. The number of hydrogen-bond acceptors (Lipinski definition) is 9. The minimum absolute atomic E-state index is 0.198. The van der Waals surface area contributed by atoms with E-state index in [0.717, 1.165) is 49.4 Å². The normalized spacial score (nSPS) is 10.8. The Bertz CT molecular complexity index is 1700. The lowest BCUT2D eigenvalue weighted by Gasteiger charge is -2.20. The van der Waals surface area contributed by atoms with Gasteiger partial charge < -0.3 is 26.0 Å². The van der Waals surface area contributed by atoms with Crippen LogP contribution in [0.25, 0.3) is 22.5 Å². The molecule has 0 fully saturated rings. The standard InChI is InChI=1S/C19H26N4O2.C19H26N4O/c1-6-23(7-2)19-21-15(11-16(22-19)18(20)24)14-10-13(12(3)4)8-9-17(14)25-5;1-5-23(6-2)19-21-16(12-17(22-19)18(20)24)15-9-7-14(8-10-15)11-13(3)4/h8-12H,6-7H2,1-5H3,(H2,20,24);7-10,12-13H,5-6,11H2,1-4H3,(H2,20,24). The summed E-state index contributed by atoms with van der Waals surface area (Å²) in [6, 6.07) is 17.6.